The monoisotopic (exact) mass is 201 g/mol. The number of hydrogen-bond donors (Lipinski definition) is 0. The van der Waals surface area contributed by atoms with E-state index in [0.29, 0.717) is 0 Å². The Morgan fingerprint density at radius 1 is 1.47 bits per heavy atom. The summed E-state index contributed by atoms with van der Waals surface area (Å²) in [6.45, 7) is 10.9. The Kier molecular flexibility index (Phi) is 4.17. The second-order valence-corrected chi connectivity index (χ2v) is 3.70. The fraction of sp³-hybridized carbons (Fsp3) is 0.286. The minimum Gasteiger partial charge on any atom is -0.375 e. The molecule has 0 aliphatic carbocycles. The van der Waals surface area contributed by atoms with E-state index in [9.17, 15) is 0 Å². The highest BCUT2D eigenvalue weighted by atomic mass is 15.1. The van der Waals surface area contributed by atoms with E-state index in [4.69, 9.17) is 0 Å². The van der Waals surface area contributed by atoms with E-state index in [-0.39, 0.29) is 0 Å². The molecule has 0 saturated heterocycles. The number of anilines is 1. The summed E-state index contributed by atoms with van der Waals surface area (Å²) in [4.78, 5) is 2.25. The van der Waals surface area contributed by atoms with E-state index >= 15 is 0 Å². The number of hydrogen-bond acceptors (Lipinski definition) is 1. The minimum atomic E-state index is 0.974. The molecule has 0 N–H and O–H groups in total. The third kappa shape index (κ3) is 2.98. The molecule has 0 fully saturated rings. The van der Waals surface area contributed by atoms with Gasteiger partial charge in [-0.2, -0.15) is 0 Å². The molecular weight excluding hydrogens is 182 g/mol. The average Bonchev–Trinajstić information content (AvgIpc) is 2.28. The average molecular weight is 201 g/mol. The molecule has 0 saturated carbocycles. The highest BCUT2D eigenvalue weighted by Crippen LogP contribution is 2.20. The SMILES string of the molecule is C=CC(=C)c1cccc(N(C)CCC)c1. The fourth-order valence-corrected chi connectivity index (χ4v) is 1.53. The molecule has 0 heterocycles. The molecule has 0 aliphatic heterocycles. The highest BCUT2D eigenvalue weighted by molar-refractivity contribution is 5.73. The zero-order valence-electron chi connectivity index (χ0n) is 9.66. The summed E-state index contributed by atoms with van der Waals surface area (Å²) in [7, 11) is 2.11. The van der Waals surface area contributed by atoms with Crippen LogP contribution in [0.1, 0.15) is 18.9 Å². The molecule has 0 aliphatic rings. The van der Waals surface area contributed by atoms with Gasteiger partial charge in [0.2, 0.25) is 0 Å². The van der Waals surface area contributed by atoms with E-state index in [1.807, 2.05) is 0 Å². The van der Waals surface area contributed by atoms with Crippen LogP contribution in [0.5, 0.6) is 0 Å². The quantitative estimate of drug-likeness (QED) is 0.656. The second kappa shape index (κ2) is 5.40. The number of rotatable bonds is 5. The van der Waals surface area contributed by atoms with Crippen molar-refractivity contribution in [2.45, 2.75) is 13.3 Å². The first-order chi connectivity index (χ1) is 7.19. The molecular formula is C14H19N. The first kappa shape index (κ1) is 11.6. The molecule has 80 valence electrons. The van der Waals surface area contributed by atoms with Gasteiger partial charge in [0.25, 0.3) is 0 Å². The Balaban J connectivity index is 2.91. The van der Waals surface area contributed by atoms with Gasteiger partial charge in [-0.1, -0.05) is 38.3 Å². The Bertz CT molecular complexity index is 352. The first-order valence-corrected chi connectivity index (χ1v) is 5.32. The smallest absolute Gasteiger partial charge is 0.0369 e. The van der Waals surface area contributed by atoms with Crippen molar-refractivity contribution in [1.82, 2.24) is 0 Å². The van der Waals surface area contributed by atoms with E-state index in [1.165, 1.54) is 5.69 Å². The summed E-state index contributed by atoms with van der Waals surface area (Å²) >= 11 is 0. The summed E-state index contributed by atoms with van der Waals surface area (Å²) < 4.78 is 0. The summed E-state index contributed by atoms with van der Waals surface area (Å²) in [5.41, 5.74) is 3.35. The van der Waals surface area contributed by atoms with Crippen LogP contribution in [0.3, 0.4) is 0 Å². The predicted molar refractivity (Wildman–Crippen MR) is 69.2 cm³/mol. The van der Waals surface area contributed by atoms with Crippen LogP contribution >= 0.6 is 0 Å². The maximum Gasteiger partial charge on any atom is 0.0369 e. The number of nitrogens with zero attached hydrogens (tertiary/aromatic N) is 1. The molecule has 1 nitrogen and oxygen atoms in total. The Morgan fingerprint density at radius 2 is 2.20 bits per heavy atom. The van der Waals surface area contributed by atoms with Gasteiger partial charge in [-0.25, -0.2) is 0 Å². The van der Waals surface area contributed by atoms with E-state index in [0.717, 1.165) is 24.1 Å². The molecule has 1 aromatic carbocycles. The zero-order chi connectivity index (χ0) is 11.3. The van der Waals surface area contributed by atoms with Gasteiger partial charge in [-0.05, 0) is 29.7 Å². The number of allylic oxidation sites excluding steroid dienone is 2. The molecule has 0 amide bonds. The van der Waals surface area contributed by atoms with Crippen molar-refractivity contribution in [3.05, 3.63) is 49.1 Å². The third-order valence-electron chi connectivity index (χ3n) is 2.46. The third-order valence-corrected chi connectivity index (χ3v) is 2.46. The van der Waals surface area contributed by atoms with Gasteiger partial charge < -0.3 is 4.90 Å². The van der Waals surface area contributed by atoms with Crippen LogP contribution in [0, 0.1) is 0 Å². The van der Waals surface area contributed by atoms with E-state index in [2.05, 4.69) is 56.3 Å². The Hall–Kier alpha value is -1.50. The molecule has 0 unspecified atom stereocenters. The molecule has 1 heteroatoms. The van der Waals surface area contributed by atoms with Crippen molar-refractivity contribution in [2.75, 3.05) is 18.5 Å². The first-order valence-electron chi connectivity index (χ1n) is 5.32. The van der Waals surface area contributed by atoms with Crippen LogP contribution in [0.15, 0.2) is 43.5 Å². The Labute approximate surface area is 92.7 Å². The molecule has 1 rings (SSSR count). The van der Waals surface area contributed by atoms with E-state index < -0.39 is 0 Å². The minimum absolute atomic E-state index is 0.974. The second-order valence-electron chi connectivity index (χ2n) is 3.70. The molecule has 1 aromatic rings. The van der Waals surface area contributed by atoms with Crippen molar-refractivity contribution < 1.29 is 0 Å². The van der Waals surface area contributed by atoms with Crippen LogP contribution in [0.4, 0.5) is 5.69 Å². The molecule has 15 heavy (non-hydrogen) atoms. The lowest BCUT2D eigenvalue weighted by Gasteiger charge is -2.19. The summed E-state index contributed by atoms with van der Waals surface area (Å²) in [6.07, 6.45) is 2.95. The lowest BCUT2D eigenvalue weighted by atomic mass is 10.1. The van der Waals surface area contributed by atoms with Gasteiger partial charge >= 0.3 is 0 Å². The van der Waals surface area contributed by atoms with Crippen LogP contribution in [-0.2, 0) is 0 Å². The molecule has 0 bridgehead atoms. The van der Waals surface area contributed by atoms with Crippen LogP contribution < -0.4 is 4.90 Å². The van der Waals surface area contributed by atoms with Gasteiger partial charge in [0.1, 0.15) is 0 Å². The predicted octanol–water partition coefficient (Wildman–Crippen LogP) is 3.73. The van der Waals surface area contributed by atoms with Crippen molar-refractivity contribution in [1.29, 1.82) is 0 Å². The molecule has 0 radical (unpaired) electrons. The van der Waals surface area contributed by atoms with Gasteiger partial charge in [-0.3, -0.25) is 0 Å². The standard InChI is InChI=1S/C14H19N/c1-5-10-15(4)14-9-7-8-13(11-14)12(3)6-2/h6-9,11H,2-3,5,10H2,1,4H3. The highest BCUT2D eigenvalue weighted by Gasteiger charge is 2.01. The largest absolute Gasteiger partial charge is 0.375 e. The van der Waals surface area contributed by atoms with Gasteiger partial charge in [0, 0.05) is 19.3 Å². The van der Waals surface area contributed by atoms with Crippen LogP contribution in [0.2, 0.25) is 0 Å². The zero-order valence-corrected chi connectivity index (χ0v) is 9.66. The van der Waals surface area contributed by atoms with Crippen molar-refractivity contribution >= 4 is 11.3 Å². The molecule has 0 aromatic heterocycles. The maximum atomic E-state index is 3.95. The van der Waals surface area contributed by atoms with Crippen molar-refractivity contribution in [3.63, 3.8) is 0 Å². The van der Waals surface area contributed by atoms with Crippen molar-refractivity contribution in [2.24, 2.45) is 0 Å². The summed E-state index contributed by atoms with van der Waals surface area (Å²) in [5.74, 6) is 0. The lowest BCUT2D eigenvalue weighted by Crippen LogP contribution is -2.17. The fourth-order valence-electron chi connectivity index (χ4n) is 1.53. The molecule has 0 atom stereocenters. The van der Waals surface area contributed by atoms with E-state index in [1.54, 1.807) is 6.08 Å². The van der Waals surface area contributed by atoms with Crippen LogP contribution in [-0.4, -0.2) is 13.6 Å². The van der Waals surface area contributed by atoms with Crippen LogP contribution in [0.25, 0.3) is 5.57 Å². The topological polar surface area (TPSA) is 3.24 Å². The van der Waals surface area contributed by atoms with Gasteiger partial charge in [-0.15, -0.1) is 0 Å². The summed E-state index contributed by atoms with van der Waals surface area (Å²) in [5, 5.41) is 0. The van der Waals surface area contributed by atoms with Gasteiger partial charge in [0.15, 0.2) is 0 Å². The van der Waals surface area contributed by atoms with Gasteiger partial charge in [0.05, 0.1) is 0 Å². The maximum absolute atomic E-state index is 3.95. The number of benzene rings is 1. The normalized spacial score (nSPS) is 9.73. The summed E-state index contributed by atoms with van der Waals surface area (Å²) in [6, 6.07) is 8.40. The molecule has 0 spiro atoms. The lowest BCUT2D eigenvalue weighted by molar-refractivity contribution is 0.852. The van der Waals surface area contributed by atoms with Crippen molar-refractivity contribution in [3.8, 4) is 0 Å². The Morgan fingerprint density at radius 3 is 2.80 bits per heavy atom.